The fraction of sp³-hybridized carbons (Fsp3) is 0.357. The van der Waals surface area contributed by atoms with Crippen molar-refractivity contribution in [3.05, 3.63) is 40.0 Å². The van der Waals surface area contributed by atoms with E-state index in [1.54, 1.807) is 16.8 Å². The van der Waals surface area contributed by atoms with Crippen molar-refractivity contribution < 1.29 is 0 Å². The molecule has 0 aliphatic rings. The Bertz CT molecular complexity index is 564. The minimum Gasteiger partial charge on any atom is -0.313 e. The first-order chi connectivity index (χ1) is 9.11. The zero-order valence-electron chi connectivity index (χ0n) is 11.1. The summed E-state index contributed by atoms with van der Waals surface area (Å²) in [5, 5.41) is 9.21. The maximum atomic E-state index is 6.24. The van der Waals surface area contributed by atoms with Crippen LogP contribution in [0.3, 0.4) is 0 Å². The van der Waals surface area contributed by atoms with Crippen LogP contribution < -0.4 is 5.32 Å². The summed E-state index contributed by atoms with van der Waals surface area (Å²) in [5.41, 5.74) is 2.89. The Morgan fingerprint density at radius 3 is 2.84 bits per heavy atom. The van der Waals surface area contributed by atoms with Crippen LogP contribution in [0.25, 0.3) is 11.3 Å². The van der Waals surface area contributed by atoms with Gasteiger partial charge in [-0.25, -0.2) is 0 Å². The van der Waals surface area contributed by atoms with Gasteiger partial charge < -0.3 is 5.32 Å². The molecule has 1 aromatic carbocycles. The molecule has 0 radical (unpaired) electrons. The molecule has 0 aliphatic carbocycles. The lowest BCUT2D eigenvalue weighted by molar-refractivity contribution is 0.675. The highest BCUT2D eigenvalue weighted by Gasteiger charge is 2.13. The number of aromatic nitrogens is 2. The molecule has 0 bridgehead atoms. The van der Waals surface area contributed by atoms with Crippen LogP contribution in [0.4, 0.5) is 0 Å². The molecule has 1 heterocycles. The molecule has 0 atom stereocenters. The Labute approximate surface area is 123 Å². The van der Waals surface area contributed by atoms with E-state index in [-0.39, 0.29) is 0 Å². The van der Waals surface area contributed by atoms with Gasteiger partial charge in [-0.15, -0.1) is 0 Å². The van der Waals surface area contributed by atoms with Gasteiger partial charge in [-0.1, -0.05) is 30.1 Å². The van der Waals surface area contributed by atoms with Crippen LogP contribution in [0, 0.1) is 0 Å². The molecule has 19 heavy (non-hydrogen) atoms. The molecular formula is C14H17Cl2N3. The fourth-order valence-corrected chi connectivity index (χ4v) is 2.35. The Morgan fingerprint density at radius 2 is 2.11 bits per heavy atom. The predicted octanol–water partition coefficient (Wildman–Crippen LogP) is 3.89. The maximum Gasteiger partial charge on any atom is 0.0983 e. The standard InChI is InChI=1S/C14H17Cl2N3/c1-3-6-17-8-10-9-19(2)18-14(10)12-7-11(15)4-5-13(12)16/h4-5,7,9,17H,3,6,8H2,1-2H3. The largest absolute Gasteiger partial charge is 0.313 e. The van der Waals surface area contributed by atoms with E-state index in [9.17, 15) is 0 Å². The second-order valence-corrected chi connectivity index (χ2v) is 5.32. The van der Waals surface area contributed by atoms with Crippen LogP contribution in [0.15, 0.2) is 24.4 Å². The second kappa shape index (κ2) is 6.42. The molecule has 0 saturated heterocycles. The number of nitrogens with zero attached hydrogens (tertiary/aromatic N) is 2. The highest BCUT2D eigenvalue weighted by atomic mass is 35.5. The minimum atomic E-state index is 0.664. The van der Waals surface area contributed by atoms with Crippen LogP contribution in [-0.2, 0) is 13.6 Å². The summed E-state index contributed by atoms with van der Waals surface area (Å²) in [6.07, 6.45) is 3.11. The number of hydrogen-bond donors (Lipinski definition) is 1. The van der Waals surface area contributed by atoms with Crippen molar-refractivity contribution in [1.82, 2.24) is 15.1 Å². The number of aryl methyl sites for hydroxylation is 1. The first-order valence-corrected chi connectivity index (χ1v) is 7.06. The molecule has 0 aliphatic heterocycles. The molecule has 0 amide bonds. The maximum absolute atomic E-state index is 6.24. The molecule has 3 nitrogen and oxygen atoms in total. The molecule has 0 spiro atoms. The van der Waals surface area contributed by atoms with Crippen LogP contribution >= 0.6 is 23.2 Å². The third kappa shape index (κ3) is 3.50. The highest BCUT2D eigenvalue weighted by Crippen LogP contribution is 2.31. The monoisotopic (exact) mass is 297 g/mol. The topological polar surface area (TPSA) is 29.9 Å². The SMILES string of the molecule is CCCNCc1cn(C)nc1-c1cc(Cl)ccc1Cl. The van der Waals surface area contributed by atoms with Gasteiger partial charge in [0.15, 0.2) is 0 Å². The van der Waals surface area contributed by atoms with Crippen molar-refractivity contribution in [3.63, 3.8) is 0 Å². The van der Waals surface area contributed by atoms with Crippen LogP contribution in [0.1, 0.15) is 18.9 Å². The molecule has 1 N–H and O–H groups in total. The Kier molecular flexibility index (Phi) is 4.86. The highest BCUT2D eigenvalue weighted by molar-refractivity contribution is 6.35. The summed E-state index contributed by atoms with van der Waals surface area (Å²) >= 11 is 12.3. The van der Waals surface area contributed by atoms with E-state index in [4.69, 9.17) is 23.2 Å². The van der Waals surface area contributed by atoms with Gasteiger partial charge in [0.2, 0.25) is 0 Å². The van der Waals surface area contributed by atoms with Gasteiger partial charge in [-0.2, -0.15) is 5.10 Å². The van der Waals surface area contributed by atoms with E-state index in [2.05, 4.69) is 17.3 Å². The lowest BCUT2D eigenvalue weighted by Gasteiger charge is -2.06. The first kappa shape index (κ1) is 14.4. The number of nitrogens with one attached hydrogen (secondary N) is 1. The van der Waals surface area contributed by atoms with E-state index < -0.39 is 0 Å². The van der Waals surface area contributed by atoms with Crippen LogP contribution in [-0.4, -0.2) is 16.3 Å². The quantitative estimate of drug-likeness (QED) is 0.849. The Hall–Kier alpha value is -1.03. The Morgan fingerprint density at radius 1 is 1.32 bits per heavy atom. The van der Waals surface area contributed by atoms with Gasteiger partial charge in [0, 0.05) is 35.9 Å². The van der Waals surface area contributed by atoms with Crippen LogP contribution in [0.2, 0.25) is 10.0 Å². The Balaban J connectivity index is 2.35. The van der Waals surface area contributed by atoms with Crippen molar-refractivity contribution in [2.75, 3.05) is 6.54 Å². The summed E-state index contributed by atoms with van der Waals surface area (Å²) in [5.74, 6) is 0. The van der Waals surface area contributed by atoms with Gasteiger partial charge >= 0.3 is 0 Å². The predicted molar refractivity (Wildman–Crippen MR) is 80.7 cm³/mol. The summed E-state index contributed by atoms with van der Waals surface area (Å²) in [4.78, 5) is 0. The zero-order chi connectivity index (χ0) is 13.8. The van der Waals surface area contributed by atoms with Crippen molar-refractivity contribution in [2.45, 2.75) is 19.9 Å². The molecule has 2 rings (SSSR count). The molecule has 0 unspecified atom stereocenters. The zero-order valence-corrected chi connectivity index (χ0v) is 12.6. The molecule has 0 fully saturated rings. The summed E-state index contributed by atoms with van der Waals surface area (Å²) in [7, 11) is 1.91. The lowest BCUT2D eigenvalue weighted by atomic mass is 10.1. The first-order valence-electron chi connectivity index (χ1n) is 6.30. The van der Waals surface area contributed by atoms with Crippen LogP contribution in [0.5, 0.6) is 0 Å². The number of halogens is 2. The summed E-state index contributed by atoms with van der Waals surface area (Å²) in [6.45, 7) is 3.91. The van der Waals surface area contributed by atoms with E-state index in [0.717, 1.165) is 36.3 Å². The number of rotatable bonds is 5. The summed E-state index contributed by atoms with van der Waals surface area (Å²) < 4.78 is 1.80. The smallest absolute Gasteiger partial charge is 0.0983 e. The van der Waals surface area contributed by atoms with E-state index in [1.807, 2.05) is 19.3 Å². The molecule has 5 heteroatoms. The third-order valence-corrected chi connectivity index (χ3v) is 3.40. The fourth-order valence-electron chi connectivity index (χ4n) is 1.97. The van der Waals surface area contributed by atoms with E-state index in [0.29, 0.717) is 10.0 Å². The van der Waals surface area contributed by atoms with Gasteiger partial charge in [-0.3, -0.25) is 4.68 Å². The minimum absolute atomic E-state index is 0.664. The molecule has 102 valence electrons. The van der Waals surface area contributed by atoms with Crippen molar-refractivity contribution >= 4 is 23.2 Å². The van der Waals surface area contributed by atoms with Gasteiger partial charge in [0.25, 0.3) is 0 Å². The van der Waals surface area contributed by atoms with Crippen molar-refractivity contribution in [3.8, 4) is 11.3 Å². The van der Waals surface area contributed by atoms with Gasteiger partial charge in [-0.05, 0) is 31.2 Å². The average molecular weight is 298 g/mol. The van der Waals surface area contributed by atoms with Crippen molar-refractivity contribution in [1.29, 1.82) is 0 Å². The number of hydrogen-bond acceptors (Lipinski definition) is 2. The van der Waals surface area contributed by atoms with E-state index in [1.165, 1.54) is 0 Å². The normalized spacial score (nSPS) is 10.9. The molecular weight excluding hydrogens is 281 g/mol. The average Bonchev–Trinajstić information content (AvgIpc) is 2.74. The third-order valence-electron chi connectivity index (χ3n) is 2.83. The lowest BCUT2D eigenvalue weighted by Crippen LogP contribution is -2.13. The number of benzene rings is 1. The second-order valence-electron chi connectivity index (χ2n) is 4.48. The molecule has 0 saturated carbocycles. The molecule has 1 aromatic heterocycles. The van der Waals surface area contributed by atoms with Crippen molar-refractivity contribution in [2.24, 2.45) is 7.05 Å². The van der Waals surface area contributed by atoms with E-state index >= 15 is 0 Å². The molecule has 2 aromatic rings. The summed E-state index contributed by atoms with van der Waals surface area (Å²) in [6, 6.07) is 5.44. The van der Waals surface area contributed by atoms with Gasteiger partial charge in [0.05, 0.1) is 10.7 Å². The van der Waals surface area contributed by atoms with Gasteiger partial charge in [0.1, 0.15) is 0 Å².